The maximum absolute atomic E-state index is 11.9. The molecule has 0 bridgehead atoms. The number of rotatable bonds is 3. The lowest BCUT2D eigenvalue weighted by Gasteiger charge is -2.09. The van der Waals surface area contributed by atoms with Crippen molar-refractivity contribution >= 4 is 23.1 Å². The third-order valence-corrected chi connectivity index (χ3v) is 3.69. The van der Waals surface area contributed by atoms with Gasteiger partial charge in [0.2, 0.25) is 0 Å². The minimum atomic E-state index is -0.478. The molecule has 1 aliphatic rings. The van der Waals surface area contributed by atoms with Crippen LogP contribution < -0.4 is 10.6 Å². The number of fused-ring (bicyclic) bond motifs is 1. The Hall–Kier alpha value is -2.89. The summed E-state index contributed by atoms with van der Waals surface area (Å²) in [5.41, 5.74) is 3.88. The van der Waals surface area contributed by atoms with Gasteiger partial charge in [0.05, 0.1) is 4.92 Å². The molecular formula is C16H15N3O3. The Kier molecular flexibility index (Phi) is 3.74. The van der Waals surface area contributed by atoms with Crippen LogP contribution in [0.5, 0.6) is 0 Å². The van der Waals surface area contributed by atoms with E-state index >= 15 is 0 Å². The molecule has 0 spiro atoms. The van der Waals surface area contributed by atoms with Gasteiger partial charge in [-0.15, -0.1) is 0 Å². The van der Waals surface area contributed by atoms with Crippen LogP contribution in [0.4, 0.5) is 21.9 Å². The van der Waals surface area contributed by atoms with Gasteiger partial charge < -0.3 is 10.6 Å². The van der Waals surface area contributed by atoms with Crippen molar-refractivity contribution in [2.75, 3.05) is 10.6 Å². The van der Waals surface area contributed by atoms with E-state index in [2.05, 4.69) is 10.6 Å². The first-order chi connectivity index (χ1) is 10.6. The molecule has 6 nitrogen and oxygen atoms in total. The molecule has 0 heterocycles. The standard InChI is InChI=1S/C16H15N3O3/c20-16(17-13-6-8-15(9-7-13)19(21)22)18-14-5-4-11-2-1-3-12(11)10-14/h4-10H,1-3H2,(H2,17,18,20). The smallest absolute Gasteiger partial charge is 0.308 e. The maximum Gasteiger partial charge on any atom is 0.323 e. The fraction of sp³-hybridized carbons (Fsp3) is 0.188. The summed E-state index contributed by atoms with van der Waals surface area (Å²) in [6.45, 7) is 0. The van der Waals surface area contributed by atoms with Crippen molar-refractivity contribution in [3.63, 3.8) is 0 Å². The van der Waals surface area contributed by atoms with E-state index in [-0.39, 0.29) is 11.7 Å². The number of carbonyl (C=O) groups excluding carboxylic acids is 1. The monoisotopic (exact) mass is 297 g/mol. The second kappa shape index (κ2) is 5.85. The van der Waals surface area contributed by atoms with E-state index in [9.17, 15) is 14.9 Å². The second-order valence-electron chi connectivity index (χ2n) is 5.22. The molecule has 0 unspecified atom stereocenters. The molecule has 6 heteroatoms. The second-order valence-corrected chi connectivity index (χ2v) is 5.22. The Bertz CT molecular complexity index is 726. The van der Waals surface area contributed by atoms with E-state index in [4.69, 9.17) is 0 Å². The lowest BCUT2D eigenvalue weighted by Crippen LogP contribution is -2.19. The van der Waals surface area contributed by atoms with Crippen molar-refractivity contribution in [3.05, 3.63) is 63.7 Å². The van der Waals surface area contributed by atoms with Gasteiger partial charge in [-0.1, -0.05) is 6.07 Å². The lowest BCUT2D eigenvalue weighted by molar-refractivity contribution is -0.384. The molecule has 0 atom stereocenters. The summed E-state index contributed by atoms with van der Waals surface area (Å²) in [6, 6.07) is 11.3. The van der Waals surface area contributed by atoms with Crippen LogP contribution in [0.25, 0.3) is 0 Å². The molecule has 3 rings (SSSR count). The molecule has 0 radical (unpaired) electrons. The highest BCUT2D eigenvalue weighted by atomic mass is 16.6. The molecule has 1 aliphatic carbocycles. The van der Waals surface area contributed by atoms with Crippen LogP contribution in [-0.4, -0.2) is 11.0 Å². The van der Waals surface area contributed by atoms with E-state index in [0.29, 0.717) is 5.69 Å². The average molecular weight is 297 g/mol. The zero-order valence-electron chi connectivity index (χ0n) is 11.8. The van der Waals surface area contributed by atoms with Gasteiger partial charge in [-0.25, -0.2) is 4.79 Å². The topological polar surface area (TPSA) is 84.3 Å². The molecule has 0 aromatic heterocycles. The number of hydrogen-bond acceptors (Lipinski definition) is 3. The highest BCUT2D eigenvalue weighted by molar-refractivity contribution is 5.99. The van der Waals surface area contributed by atoms with Crippen molar-refractivity contribution in [2.24, 2.45) is 0 Å². The minimum absolute atomic E-state index is 0.00965. The van der Waals surface area contributed by atoms with Gasteiger partial charge in [-0.2, -0.15) is 0 Å². The first kappa shape index (κ1) is 14.1. The number of urea groups is 1. The third-order valence-electron chi connectivity index (χ3n) is 3.69. The number of nitro groups is 1. The average Bonchev–Trinajstić information content (AvgIpc) is 2.95. The van der Waals surface area contributed by atoms with Crippen LogP contribution in [-0.2, 0) is 12.8 Å². The third kappa shape index (κ3) is 3.06. The van der Waals surface area contributed by atoms with E-state index in [0.717, 1.165) is 24.9 Å². The van der Waals surface area contributed by atoms with Crippen LogP contribution in [0, 0.1) is 10.1 Å². The van der Waals surface area contributed by atoms with Gasteiger partial charge in [0.15, 0.2) is 0 Å². The molecule has 2 N–H and O–H groups in total. The van der Waals surface area contributed by atoms with Gasteiger partial charge in [-0.3, -0.25) is 10.1 Å². The van der Waals surface area contributed by atoms with Gasteiger partial charge in [0.1, 0.15) is 0 Å². The molecule has 22 heavy (non-hydrogen) atoms. The fourth-order valence-electron chi connectivity index (χ4n) is 2.61. The number of hydrogen-bond donors (Lipinski definition) is 2. The quantitative estimate of drug-likeness (QED) is 0.668. The van der Waals surface area contributed by atoms with Gasteiger partial charge in [0.25, 0.3) is 5.69 Å². The maximum atomic E-state index is 11.9. The molecular weight excluding hydrogens is 282 g/mol. The summed E-state index contributed by atoms with van der Waals surface area (Å²) >= 11 is 0. The Labute approximate surface area is 127 Å². The Morgan fingerprint density at radius 2 is 1.59 bits per heavy atom. The number of aryl methyl sites for hydroxylation is 2. The first-order valence-corrected chi connectivity index (χ1v) is 7.06. The molecule has 0 saturated carbocycles. The van der Waals surface area contributed by atoms with Crippen LogP contribution in [0.1, 0.15) is 17.5 Å². The normalized spacial score (nSPS) is 12.5. The molecule has 112 valence electrons. The predicted molar refractivity (Wildman–Crippen MR) is 84.2 cm³/mol. The lowest BCUT2D eigenvalue weighted by atomic mass is 10.1. The summed E-state index contributed by atoms with van der Waals surface area (Å²) in [5.74, 6) is 0. The van der Waals surface area contributed by atoms with Crippen molar-refractivity contribution in [3.8, 4) is 0 Å². The van der Waals surface area contributed by atoms with Crippen molar-refractivity contribution in [1.29, 1.82) is 0 Å². The number of nitrogens with one attached hydrogen (secondary N) is 2. The van der Waals surface area contributed by atoms with Crippen molar-refractivity contribution in [2.45, 2.75) is 19.3 Å². The minimum Gasteiger partial charge on any atom is -0.308 e. The molecule has 2 amide bonds. The number of non-ortho nitro benzene ring substituents is 1. The van der Waals surface area contributed by atoms with Crippen molar-refractivity contribution < 1.29 is 9.72 Å². The van der Waals surface area contributed by atoms with Crippen LogP contribution >= 0.6 is 0 Å². The van der Waals surface area contributed by atoms with E-state index < -0.39 is 4.92 Å². The van der Waals surface area contributed by atoms with Crippen LogP contribution in [0.3, 0.4) is 0 Å². The van der Waals surface area contributed by atoms with Gasteiger partial charge >= 0.3 is 6.03 Å². The Balaban J connectivity index is 1.63. The summed E-state index contributed by atoms with van der Waals surface area (Å²) in [7, 11) is 0. The molecule has 2 aromatic carbocycles. The number of nitro benzene ring substituents is 1. The Morgan fingerprint density at radius 3 is 2.32 bits per heavy atom. The highest BCUT2D eigenvalue weighted by Gasteiger charge is 2.12. The van der Waals surface area contributed by atoms with E-state index in [1.54, 1.807) is 0 Å². The van der Waals surface area contributed by atoms with Gasteiger partial charge in [0, 0.05) is 23.5 Å². The number of carbonyl (C=O) groups is 1. The fourth-order valence-corrected chi connectivity index (χ4v) is 2.61. The predicted octanol–water partition coefficient (Wildman–Crippen LogP) is 3.73. The van der Waals surface area contributed by atoms with Crippen LogP contribution in [0.15, 0.2) is 42.5 Å². The van der Waals surface area contributed by atoms with Crippen molar-refractivity contribution in [1.82, 2.24) is 0 Å². The van der Waals surface area contributed by atoms with Gasteiger partial charge in [-0.05, 0) is 54.7 Å². The highest BCUT2D eigenvalue weighted by Crippen LogP contribution is 2.25. The SMILES string of the molecule is O=C(Nc1ccc([N+](=O)[O-])cc1)Nc1ccc2c(c1)CCC2. The van der Waals surface area contributed by atoms with Crippen LogP contribution in [0.2, 0.25) is 0 Å². The summed E-state index contributed by atoms with van der Waals surface area (Å²) < 4.78 is 0. The number of amides is 2. The van der Waals surface area contributed by atoms with E-state index in [1.165, 1.54) is 35.4 Å². The molecule has 0 saturated heterocycles. The summed E-state index contributed by atoms with van der Waals surface area (Å²) in [6.07, 6.45) is 3.31. The first-order valence-electron chi connectivity index (χ1n) is 7.06. The summed E-state index contributed by atoms with van der Waals surface area (Å²) in [5, 5.41) is 16.0. The number of anilines is 2. The zero-order valence-corrected chi connectivity index (χ0v) is 11.8. The number of nitrogens with zero attached hydrogens (tertiary/aromatic N) is 1. The number of benzene rings is 2. The molecule has 0 aliphatic heterocycles. The molecule has 2 aromatic rings. The Morgan fingerprint density at radius 1 is 0.955 bits per heavy atom. The zero-order chi connectivity index (χ0) is 15.5. The van der Waals surface area contributed by atoms with E-state index in [1.807, 2.05) is 18.2 Å². The molecule has 0 fully saturated rings. The summed E-state index contributed by atoms with van der Waals surface area (Å²) in [4.78, 5) is 22.0. The largest absolute Gasteiger partial charge is 0.323 e.